The van der Waals surface area contributed by atoms with Crippen LogP contribution in [0.15, 0.2) is 60.8 Å². The number of benzene rings is 2. The number of nitrogens with zero attached hydrogens (tertiary/aromatic N) is 2. The number of hydrogen-bond donors (Lipinski definition) is 1. The van der Waals surface area contributed by atoms with Crippen LogP contribution >= 0.6 is 0 Å². The van der Waals surface area contributed by atoms with Crippen LogP contribution in [0.3, 0.4) is 0 Å². The van der Waals surface area contributed by atoms with Crippen LogP contribution in [0.1, 0.15) is 30.1 Å². The number of rotatable bonds is 6. The van der Waals surface area contributed by atoms with Gasteiger partial charge in [0.05, 0.1) is 25.8 Å². The van der Waals surface area contributed by atoms with Crippen LogP contribution in [0, 0.1) is 11.8 Å². The van der Waals surface area contributed by atoms with Crippen molar-refractivity contribution in [3.8, 4) is 11.5 Å². The second kappa shape index (κ2) is 8.93. The summed E-state index contributed by atoms with van der Waals surface area (Å²) in [5, 5.41) is 12.4. The summed E-state index contributed by atoms with van der Waals surface area (Å²) in [5.41, 5.74) is 3.02. The molecule has 2 aromatic carbocycles. The van der Waals surface area contributed by atoms with Crippen LogP contribution in [0.2, 0.25) is 0 Å². The smallest absolute Gasteiger partial charge is 0.119 e. The van der Waals surface area contributed by atoms with Crippen molar-refractivity contribution in [3.05, 3.63) is 71.9 Å². The Labute approximate surface area is 189 Å². The number of fused-ring (bicyclic) bond motifs is 4. The van der Waals surface area contributed by atoms with Gasteiger partial charge in [-0.25, -0.2) is 0 Å². The number of aliphatic hydroxyl groups excluding tert-OH is 1. The Hall–Kier alpha value is -2.89. The molecule has 2 bridgehead atoms. The normalized spacial score (nSPS) is 25.8. The van der Waals surface area contributed by atoms with Gasteiger partial charge in [0.15, 0.2) is 0 Å². The van der Waals surface area contributed by atoms with Crippen LogP contribution in [0.5, 0.6) is 11.5 Å². The molecule has 4 heterocycles. The lowest BCUT2D eigenvalue weighted by atomic mass is 9.73. The van der Waals surface area contributed by atoms with Crippen molar-refractivity contribution in [2.75, 3.05) is 27.3 Å². The van der Waals surface area contributed by atoms with Crippen LogP contribution < -0.4 is 9.47 Å². The molecule has 0 amide bonds. The van der Waals surface area contributed by atoms with Gasteiger partial charge in [0.1, 0.15) is 11.5 Å². The lowest BCUT2D eigenvalue weighted by Crippen LogP contribution is -2.54. The Morgan fingerprint density at radius 3 is 2.56 bits per heavy atom. The van der Waals surface area contributed by atoms with Gasteiger partial charge >= 0.3 is 0 Å². The van der Waals surface area contributed by atoms with Crippen molar-refractivity contribution < 1.29 is 14.6 Å². The van der Waals surface area contributed by atoms with Gasteiger partial charge in [0.2, 0.25) is 0 Å². The second-order valence-corrected chi connectivity index (χ2v) is 8.87. The van der Waals surface area contributed by atoms with Gasteiger partial charge in [-0.05, 0) is 78.7 Å². The van der Waals surface area contributed by atoms with E-state index in [0.29, 0.717) is 11.8 Å². The van der Waals surface area contributed by atoms with Gasteiger partial charge in [0.25, 0.3) is 0 Å². The highest BCUT2D eigenvalue weighted by molar-refractivity contribution is 5.84. The topological polar surface area (TPSA) is 54.8 Å². The lowest BCUT2D eigenvalue weighted by molar-refractivity contribution is -0.0444. The quantitative estimate of drug-likeness (QED) is 0.614. The van der Waals surface area contributed by atoms with Gasteiger partial charge in [0, 0.05) is 24.2 Å². The average Bonchev–Trinajstić information content (AvgIpc) is 2.87. The van der Waals surface area contributed by atoms with Crippen LogP contribution in [-0.2, 0) is 0 Å². The van der Waals surface area contributed by atoms with E-state index in [1.54, 1.807) is 20.4 Å². The fraction of sp³-hybridized carbons (Fsp3) is 0.370. The lowest BCUT2D eigenvalue weighted by Gasteiger charge is -2.50. The first-order valence-electron chi connectivity index (χ1n) is 11.3. The molecule has 1 N–H and O–H groups in total. The minimum absolute atomic E-state index is 0.135. The molecule has 0 spiro atoms. The fourth-order valence-electron chi connectivity index (χ4n) is 5.35. The zero-order valence-corrected chi connectivity index (χ0v) is 18.6. The molecule has 5 atom stereocenters. The van der Waals surface area contributed by atoms with Crippen molar-refractivity contribution in [1.82, 2.24) is 9.88 Å². The Balaban J connectivity index is 1.33. The standard InChI is InChI=1S/C27H30N2O3/c1-31-21-7-4-18(5-8-21)3-6-20-17-29-14-12-19(20)15-26(29)27(30)23-11-13-28-25-10-9-22(32-2)16-24(23)25/h3-11,13,16,19-20,26-27,30H,12,14-15,17H2,1-2H3/b6-3+/t19?,20?,26?,27-/m1/s1. The largest absolute Gasteiger partial charge is 0.497 e. The molecule has 0 saturated carbocycles. The van der Waals surface area contributed by atoms with Crippen molar-refractivity contribution in [2.24, 2.45) is 11.8 Å². The Bertz CT molecular complexity index is 1110. The molecule has 5 nitrogen and oxygen atoms in total. The average molecular weight is 431 g/mol. The van der Waals surface area contributed by atoms with Gasteiger partial charge in [-0.2, -0.15) is 0 Å². The molecule has 5 heteroatoms. The number of hydrogen-bond acceptors (Lipinski definition) is 5. The highest BCUT2D eigenvalue weighted by Gasteiger charge is 2.42. The Morgan fingerprint density at radius 2 is 1.84 bits per heavy atom. The zero-order chi connectivity index (χ0) is 22.1. The number of ether oxygens (including phenoxy) is 2. The van der Waals surface area contributed by atoms with E-state index in [-0.39, 0.29) is 6.04 Å². The summed E-state index contributed by atoms with van der Waals surface area (Å²) in [6, 6.07) is 16.1. The second-order valence-electron chi connectivity index (χ2n) is 8.87. The first kappa shape index (κ1) is 21.0. The van der Waals surface area contributed by atoms with Crippen molar-refractivity contribution in [2.45, 2.75) is 25.0 Å². The van der Waals surface area contributed by atoms with Crippen molar-refractivity contribution in [1.29, 1.82) is 0 Å². The summed E-state index contributed by atoms with van der Waals surface area (Å²) in [6.07, 6.45) is 8.03. The highest BCUT2D eigenvalue weighted by Crippen LogP contribution is 2.42. The summed E-state index contributed by atoms with van der Waals surface area (Å²) >= 11 is 0. The summed E-state index contributed by atoms with van der Waals surface area (Å²) in [4.78, 5) is 6.94. The molecule has 3 saturated heterocycles. The molecule has 166 valence electrons. The van der Waals surface area contributed by atoms with Gasteiger partial charge in [-0.3, -0.25) is 9.88 Å². The van der Waals surface area contributed by atoms with Gasteiger partial charge in [-0.1, -0.05) is 24.3 Å². The Kier molecular flexibility index (Phi) is 5.85. The highest BCUT2D eigenvalue weighted by atomic mass is 16.5. The van der Waals surface area contributed by atoms with E-state index in [0.717, 1.165) is 47.5 Å². The van der Waals surface area contributed by atoms with E-state index in [9.17, 15) is 5.11 Å². The van der Waals surface area contributed by atoms with Crippen LogP contribution in [-0.4, -0.2) is 48.3 Å². The van der Waals surface area contributed by atoms with E-state index in [1.165, 1.54) is 12.0 Å². The number of methoxy groups -OCH3 is 2. The fourth-order valence-corrected chi connectivity index (χ4v) is 5.35. The third-order valence-corrected chi connectivity index (χ3v) is 7.17. The Morgan fingerprint density at radius 1 is 1.06 bits per heavy atom. The molecule has 3 aliphatic heterocycles. The first-order chi connectivity index (χ1) is 15.7. The van der Waals surface area contributed by atoms with E-state index in [2.05, 4.69) is 34.2 Å². The number of piperidine rings is 3. The number of aliphatic hydroxyl groups is 1. The van der Waals surface area contributed by atoms with Crippen molar-refractivity contribution in [3.63, 3.8) is 0 Å². The molecule has 3 aromatic rings. The number of aromatic nitrogens is 1. The van der Waals surface area contributed by atoms with Gasteiger partial charge < -0.3 is 14.6 Å². The SMILES string of the molecule is COc1ccc(/C=C/C2CN3CCC2CC3[C@H](O)c2ccnc3ccc(OC)cc23)cc1. The molecule has 1 aromatic heterocycles. The summed E-state index contributed by atoms with van der Waals surface area (Å²) in [6.45, 7) is 2.04. The van der Waals surface area contributed by atoms with E-state index in [4.69, 9.17) is 9.47 Å². The molecule has 4 unspecified atom stereocenters. The third kappa shape index (κ3) is 3.98. The van der Waals surface area contributed by atoms with Gasteiger partial charge in [-0.15, -0.1) is 0 Å². The van der Waals surface area contributed by atoms with E-state index >= 15 is 0 Å². The summed E-state index contributed by atoms with van der Waals surface area (Å²) < 4.78 is 10.7. The molecular weight excluding hydrogens is 400 g/mol. The van der Waals surface area contributed by atoms with E-state index < -0.39 is 6.10 Å². The molecule has 0 aliphatic carbocycles. The minimum Gasteiger partial charge on any atom is -0.497 e. The third-order valence-electron chi connectivity index (χ3n) is 7.17. The maximum absolute atomic E-state index is 11.4. The molecule has 3 aliphatic rings. The predicted octanol–water partition coefficient (Wildman–Crippen LogP) is 4.71. The molecule has 3 fully saturated rings. The molecule has 6 rings (SSSR count). The summed E-state index contributed by atoms with van der Waals surface area (Å²) in [5.74, 6) is 2.77. The monoisotopic (exact) mass is 430 g/mol. The van der Waals surface area contributed by atoms with Crippen LogP contribution in [0.4, 0.5) is 0 Å². The molecule has 32 heavy (non-hydrogen) atoms. The number of pyridine rings is 1. The predicted molar refractivity (Wildman–Crippen MR) is 127 cm³/mol. The zero-order valence-electron chi connectivity index (χ0n) is 18.6. The first-order valence-corrected chi connectivity index (χ1v) is 11.3. The van der Waals surface area contributed by atoms with Crippen LogP contribution in [0.25, 0.3) is 17.0 Å². The molecule has 0 radical (unpaired) electrons. The minimum atomic E-state index is -0.540. The summed E-state index contributed by atoms with van der Waals surface area (Å²) in [7, 11) is 3.35. The van der Waals surface area contributed by atoms with E-state index in [1.807, 2.05) is 36.4 Å². The maximum Gasteiger partial charge on any atom is 0.119 e. The maximum atomic E-state index is 11.4. The van der Waals surface area contributed by atoms with Crippen molar-refractivity contribution >= 4 is 17.0 Å². The molecular formula is C27H30N2O3.